The molecule has 3 aromatic heterocycles. The van der Waals surface area contributed by atoms with Crippen LogP contribution in [0.1, 0.15) is 41.5 Å². The largest absolute Gasteiger partial charge is 0.479 e. The van der Waals surface area contributed by atoms with Gasteiger partial charge in [-0.3, -0.25) is 0 Å². The van der Waals surface area contributed by atoms with Crippen molar-refractivity contribution in [3.63, 3.8) is 0 Å². The quantitative estimate of drug-likeness (QED) is 0.352. The van der Waals surface area contributed by atoms with Crippen molar-refractivity contribution in [2.45, 2.75) is 52.7 Å². The summed E-state index contributed by atoms with van der Waals surface area (Å²) in [4.78, 5) is 34.2. The van der Waals surface area contributed by atoms with E-state index in [-0.39, 0.29) is 11.6 Å². The minimum atomic E-state index is -4.12. The molecule has 200 valence electrons. The van der Waals surface area contributed by atoms with Crippen molar-refractivity contribution in [2.75, 3.05) is 17.7 Å². The van der Waals surface area contributed by atoms with Gasteiger partial charge in [0.05, 0.1) is 13.4 Å². The van der Waals surface area contributed by atoms with Crippen LogP contribution in [0, 0.1) is 3.57 Å². The first kappa shape index (κ1) is 28.6. The molecule has 0 radical (unpaired) electrons. The van der Waals surface area contributed by atoms with E-state index in [2.05, 4.69) is 32.6 Å². The van der Waals surface area contributed by atoms with E-state index >= 15 is 0 Å². The van der Waals surface area contributed by atoms with Gasteiger partial charge in [-0.2, -0.15) is 4.31 Å². The average Bonchev–Trinajstić information content (AvgIpc) is 3.06. The maximum Gasteiger partial charge on any atom is 0.429 e. The molecule has 3 rings (SSSR count). The Morgan fingerprint density at radius 3 is 2.08 bits per heavy atom. The number of fused-ring (bicyclic) bond motifs is 1. The van der Waals surface area contributed by atoms with Gasteiger partial charge in [0.15, 0.2) is 5.65 Å². The van der Waals surface area contributed by atoms with Crippen molar-refractivity contribution in [1.29, 1.82) is 0 Å². The van der Waals surface area contributed by atoms with Crippen molar-refractivity contribution in [3.8, 4) is 17.0 Å². The van der Waals surface area contributed by atoms with Crippen molar-refractivity contribution in [2.24, 2.45) is 0 Å². The molecule has 37 heavy (non-hydrogen) atoms. The summed E-state index contributed by atoms with van der Waals surface area (Å²) in [7, 11) is -2.80. The zero-order valence-corrected chi connectivity index (χ0v) is 24.8. The van der Waals surface area contributed by atoms with Gasteiger partial charge in [-0.1, -0.05) is 0 Å². The number of ether oxygens (including phenoxy) is 3. The molecule has 0 saturated carbocycles. The monoisotopic (exact) mass is 644 g/mol. The molecule has 3 aromatic rings. The predicted octanol–water partition coefficient (Wildman–Crippen LogP) is 5.20. The lowest BCUT2D eigenvalue weighted by Crippen LogP contribution is -2.40. The van der Waals surface area contributed by atoms with Crippen LogP contribution in [-0.2, 0) is 19.5 Å². The first-order valence-corrected chi connectivity index (χ1v) is 14.0. The number of carbonyl (C=O) groups excluding carboxylic acids is 2. The highest BCUT2D eigenvalue weighted by molar-refractivity contribution is 14.1. The third-order valence-electron chi connectivity index (χ3n) is 4.65. The SMILES string of the molecule is COc1ncc(-c2cnc3c(c2)c(I)cn3C(=O)OC(C)(C)C)cc1N(C(=O)OC(C)(C)C)S(C)(=O)=O. The number of halogens is 1. The van der Waals surface area contributed by atoms with Gasteiger partial charge in [0.2, 0.25) is 15.9 Å². The fourth-order valence-electron chi connectivity index (χ4n) is 3.29. The molecule has 0 saturated heterocycles. The number of hydrogen-bond donors (Lipinski definition) is 0. The topological polar surface area (TPSA) is 130 Å². The number of sulfonamides is 1. The van der Waals surface area contributed by atoms with E-state index in [0.29, 0.717) is 26.5 Å². The van der Waals surface area contributed by atoms with Crippen molar-refractivity contribution >= 4 is 61.5 Å². The Morgan fingerprint density at radius 1 is 0.973 bits per heavy atom. The Hall–Kier alpha value is -2.94. The van der Waals surface area contributed by atoms with E-state index in [4.69, 9.17) is 14.2 Å². The molecule has 0 atom stereocenters. The summed E-state index contributed by atoms with van der Waals surface area (Å²) in [6.45, 7) is 10.2. The van der Waals surface area contributed by atoms with Crippen LogP contribution in [0.5, 0.6) is 5.88 Å². The third kappa shape index (κ3) is 6.69. The molecule has 0 aliphatic heterocycles. The highest BCUT2D eigenvalue weighted by atomic mass is 127. The van der Waals surface area contributed by atoms with Crippen LogP contribution in [0.25, 0.3) is 22.2 Å². The summed E-state index contributed by atoms with van der Waals surface area (Å²) in [6.07, 6.45) is 3.85. The molecule has 0 N–H and O–H groups in total. The normalized spacial score (nSPS) is 12.4. The van der Waals surface area contributed by atoms with Gasteiger partial charge in [-0.05, 0) is 76.3 Å². The van der Waals surface area contributed by atoms with E-state index in [1.54, 1.807) is 53.8 Å². The molecular weight excluding hydrogens is 615 g/mol. The lowest BCUT2D eigenvalue weighted by atomic mass is 10.1. The van der Waals surface area contributed by atoms with Gasteiger partial charge < -0.3 is 14.2 Å². The molecule has 3 heterocycles. The molecule has 1 amide bonds. The number of methoxy groups -OCH3 is 1. The van der Waals surface area contributed by atoms with Crippen LogP contribution < -0.4 is 9.04 Å². The van der Waals surface area contributed by atoms with E-state index in [1.165, 1.54) is 30.1 Å². The minimum Gasteiger partial charge on any atom is -0.479 e. The summed E-state index contributed by atoms with van der Waals surface area (Å²) in [6, 6.07) is 3.24. The fourth-order valence-corrected chi connectivity index (χ4v) is 4.77. The van der Waals surface area contributed by atoms with Crippen LogP contribution in [0.15, 0.2) is 30.7 Å². The zero-order valence-electron chi connectivity index (χ0n) is 21.8. The first-order chi connectivity index (χ1) is 16.9. The molecule has 11 nitrogen and oxygen atoms in total. The molecule has 0 unspecified atom stereocenters. The van der Waals surface area contributed by atoms with Gasteiger partial charge in [0, 0.05) is 38.7 Å². The maximum absolute atomic E-state index is 12.9. The number of nitrogens with zero attached hydrogens (tertiary/aromatic N) is 4. The number of anilines is 1. The Labute approximate surface area is 229 Å². The summed E-state index contributed by atoms with van der Waals surface area (Å²) in [5, 5.41) is 0.674. The van der Waals surface area contributed by atoms with Crippen LogP contribution in [-0.4, -0.2) is 59.7 Å². The van der Waals surface area contributed by atoms with Crippen LogP contribution in [0.3, 0.4) is 0 Å². The summed E-state index contributed by atoms with van der Waals surface area (Å²) in [5.74, 6) is -0.0836. The first-order valence-electron chi connectivity index (χ1n) is 11.1. The van der Waals surface area contributed by atoms with E-state index in [0.717, 1.165) is 9.83 Å². The number of pyridine rings is 2. The average molecular weight is 644 g/mol. The zero-order chi connectivity index (χ0) is 27.9. The second kappa shape index (κ2) is 10.1. The van der Waals surface area contributed by atoms with Crippen molar-refractivity contribution in [1.82, 2.24) is 14.5 Å². The fraction of sp³-hybridized carbons (Fsp3) is 0.417. The van der Waals surface area contributed by atoms with E-state index in [1.807, 2.05) is 0 Å². The van der Waals surface area contributed by atoms with Crippen LogP contribution in [0.4, 0.5) is 15.3 Å². The Bertz CT molecular complexity index is 1470. The van der Waals surface area contributed by atoms with Crippen molar-refractivity contribution in [3.05, 3.63) is 34.3 Å². The molecule has 0 aliphatic rings. The lowest BCUT2D eigenvalue weighted by Gasteiger charge is -2.26. The Morgan fingerprint density at radius 2 is 1.54 bits per heavy atom. The van der Waals surface area contributed by atoms with Crippen LogP contribution >= 0.6 is 22.6 Å². The number of aromatic nitrogens is 3. The Kier molecular flexibility index (Phi) is 7.80. The second-order valence-corrected chi connectivity index (χ2v) is 13.2. The number of rotatable bonds is 4. The molecular formula is C24H29IN4O7S. The van der Waals surface area contributed by atoms with Gasteiger partial charge in [-0.15, -0.1) is 0 Å². The lowest BCUT2D eigenvalue weighted by molar-refractivity contribution is 0.0541. The Balaban J connectivity index is 2.13. The van der Waals surface area contributed by atoms with Gasteiger partial charge in [0.1, 0.15) is 16.9 Å². The highest BCUT2D eigenvalue weighted by Crippen LogP contribution is 2.35. The molecule has 13 heteroatoms. The number of amides is 1. The third-order valence-corrected chi connectivity index (χ3v) is 6.52. The molecule has 0 aliphatic carbocycles. The van der Waals surface area contributed by atoms with Crippen molar-refractivity contribution < 1.29 is 32.2 Å². The van der Waals surface area contributed by atoms with E-state index < -0.39 is 33.4 Å². The summed E-state index contributed by atoms with van der Waals surface area (Å²) in [5.41, 5.74) is -0.298. The standard InChI is InChI=1S/C24H29IN4O7S/c1-23(2,3)35-21(30)28-13-17(25)16-9-14(11-26-19(16)28)15-10-18(20(34-7)27-12-15)29(37(8,32)33)22(31)36-24(4,5)6/h9-13H,1-8H3. The molecule has 0 aromatic carbocycles. The summed E-state index contributed by atoms with van der Waals surface area (Å²) >= 11 is 2.09. The number of hydrogen-bond acceptors (Lipinski definition) is 9. The predicted molar refractivity (Wildman–Crippen MR) is 147 cm³/mol. The smallest absolute Gasteiger partial charge is 0.429 e. The second-order valence-electron chi connectivity index (χ2n) is 10.2. The minimum absolute atomic E-state index is 0.0836. The van der Waals surface area contributed by atoms with Gasteiger partial charge >= 0.3 is 12.2 Å². The molecule has 0 bridgehead atoms. The van der Waals surface area contributed by atoms with Crippen LogP contribution in [0.2, 0.25) is 0 Å². The van der Waals surface area contributed by atoms with Gasteiger partial charge in [0.25, 0.3) is 0 Å². The van der Waals surface area contributed by atoms with Gasteiger partial charge in [-0.25, -0.2) is 32.5 Å². The van der Waals surface area contributed by atoms with E-state index in [9.17, 15) is 18.0 Å². The number of carbonyl (C=O) groups is 2. The highest BCUT2D eigenvalue weighted by Gasteiger charge is 2.33. The molecule has 0 spiro atoms. The molecule has 0 fully saturated rings. The maximum atomic E-state index is 12.9. The summed E-state index contributed by atoms with van der Waals surface area (Å²) < 4.78 is 43.9.